The number of halogens is 2. The number of hydrogen-bond acceptors (Lipinski definition) is 7. The largest absolute Gasteiger partial charge is 0.366 e. The zero-order valence-corrected chi connectivity index (χ0v) is 22.4. The predicted molar refractivity (Wildman–Crippen MR) is 146 cm³/mol. The van der Waals surface area contributed by atoms with Gasteiger partial charge in [0.05, 0.1) is 24.6 Å². The topological polar surface area (TPSA) is 66.9 Å². The van der Waals surface area contributed by atoms with Crippen LogP contribution in [0.5, 0.6) is 0 Å². The number of aromatic nitrogens is 1. The van der Waals surface area contributed by atoms with Crippen molar-refractivity contribution in [1.29, 1.82) is 0 Å². The standard InChI is InChI=1S/C29H32F2N4O3S/c30-24-8-4-21(5-9-24)27(22-6-10-25(31)11-7-22)37-17-18-38-35-14-2-13-34(15-16-35)29(36)26-20-39-28(33-26)23-3-1-12-32-19-23/h1,3-12,19,26-28,33H,2,13-18,20H2. The predicted octanol–water partition coefficient (Wildman–Crippen LogP) is 4.34. The number of carbonyl (C=O) groups is 1. The molecule has 2 saturated heterocycles. The number of hydrogen-bond donors (Lipinski definition) is 1. The first kappa shape index (κ1) is 27.7. The first-order valence-electron chi connectivity index (χ1n) is 13.1. The number of pyridine rings is 1. The van der Waals surface area contributed by atoms with Gasteiger partial charge in [-0.1, -0.05) is 30.3 Å². The van der Waals surface area contributed by atoms with E-state index in [1.165, 1.54) is 24.3 Å². The van der Waals surface area contributed by atoms with E-state index in [4.69, 9.17) is 9.57 Å². The van der Waals surface area contributed by atoms with Gasteiger partial charge in [-0.15, -0.1) is 11.8 Å². The lowest BCUT2D eigenvalue weighted by molar-refractivity contribution is -0.170. The minimum atomic E-state index is -0.473. The molecule has 2 aliphatic rings. The summed E-state index contributed by atoms with van der Waals surface area (Å²) in [7, 11) is 0. The monoisotopic (exact) mass is 554 g/mol. The second-order valence-electron chi connectivity index (χ2n) is 9.51. The Bertz CT molecular complexity index is 1160. The van der Waals surface area contributed by atoms with Crippen LogP contribution in [-0.4, -0.2) is 72.0 Å². The number of nitrogens with zero attached hydrogens (tertiary/aromatic N) is 3. The van der Waals surface area contributed by atoms with Crippen molar-refractivity contribution in [1.82, 2.24) is 20.3 Å². The van der Waals surface area contributed by atoms with Crippen LogP contribution in [-0.2, 0) is 14.4 Å². The molecule has 2 aromatic carbocycles. The van der Waals surface area contributed by atoms with Gasteiger partial charge in [-0.2, -0.15) is 5.06 Å². The highest BCUT2D eigenvalue weighted by atomic mass is 32.2. The molecule has 3 heterocycles. The van der Waals surface area contributed by atoms with Gasteiger partial charge in [0.25, 0.3) is 0 Å². The summed E-state index contributed by atoms with van der Waals surface area (Å²) < 4.78 is 33.0. The highest BCUT2D eigenvalue weighted by Crippen LogP contribution is 2.33. The molecule has 1 amide bonds. The first-order valence-corrected chi connectivity index (χ1v) is 14.2. The van der Waals surface area contributed by atoms with Crippen LogP contribution in [0, 0.1) is 11.6 Å². The lowest BCUT2D eigenvalue weighted by atomic mass is 10.0. The van der Waals surface area contributed by atoms with Crippen LogP contribution in [0.2, 0.25) is 0 Å². The number of carbonyl (C=O) groups excluding carboxylic acids is 1. The minimum Gasteiger partial charge on any atom is -0.366 e. The summed E-state index contributed by atoms with van der Waals surface area (Å²) in [5, 5.41) is 5.41. The molecule has 0 saturated carbocycles. The Morgan fingerprint density at radius 2 is 1.69 bits per heavy atom. The molecule has 10 heteroatoms. The molecule has 206 valence electrons. The van der Waals surface area contributed by atoms with Crippen molar-refractivity contribution in [3.8, 4) is 0 Å². The lowest BCUT2D eigenvalue weighted by Crippen LogP contribution is -2.46. The van der Waals surface area contributed by atoms with Crippen LogP contribution in [0.3, 0.4) is 0 Å². The fourth-order valence-electron chi connectivity index (χ4n) is 4.79. The van der Waals surface area contributed by atoms with Crippen LogP contribution in [0.25, 0.3) is 0 Å². The molecule has 0 spiro atoms. The van der Waals surface area contributed by atoms with Crippen LogP contribution >= 0.6 is 11.8 Å². The van der Waals surface area contributed by atoms with Crippen LogP contribution < -0.4 is 5.32 Å². The number of nitrogens with one attached hydrogen (secondary N) is 1. The molecule has 0 aliphatic carbocycles. The van der Waals surface area contributed by atoms with Crippen LogP contribution in [0.4, 0.5) is 8.78 Å². The van der Waals surface area contributed by atoms with Gasteiger partial charge < -0.3 is 9.64 Å². The van der Waals surface area contributed by atoms with Gasteiger partial charge in [0, 0.05) is 44.3 Å². The average molecular weight is 555 g/mol. The van der Waals surface area contributed by atoms with Crippen molar-refractivity contribution >= 4 is 17.7 Å². The number of benzene rings is 2. The molecular formula is C29H32F2N4O3S. The van der Waals surface area contributed by atoms with Crippen molar-refractivity contribution in [2.45, 2.75) is 23.9 Å². The van der Waals surface area contributed by atoms with E-state index in [-0.39, 0.29) is 35.6 Å². The molecule has 2 unspecified atom stereocenters. The SMILES string of the molecule is O=C(C1CSC(c2cccnc2)N1)N1CCCN(OCCOC(c2ccc(F)cc2)c2ccc(F)cc2)CC1. The molecule has 0 radical (unpaired) electrons. The summed E-state index contributed by atoms with van der Waals surface area (Å²) in [5.41, 5.74) is 2.63. The van der Waals surface area contributed by atoms with E-state index in [1.807, 2.05) is 28.3 Å². The second-order valence-corrected chi connectivity index (χ2v) is 10.7. The van der Waals surface area contributed by atoms with E-state index >= 15 is 0 Å². The van der Waals surface area contributed by atoms with Crippen molar-refractivity contribution in [2.75, 3.05) is 45.1 Å². The molecule has 1 N–H and O–H groups in total. The Balaban J connectivity index is 1.09. The Morgan fingerprint density at radius 1 is 0.974 bits per heavy atom. The second kappa shape index (κ2) is 13.5. The molecular weight excluding hydrogens is 522 g/mol. The van der Waals surface area contributed by atoms with Crippen molar-refractivity contribution in [3.63, 3.8) is 0 Å². The van der Waals surface area contributed by atoms with E-state index in [2.05, 4.69) is 10.3 Å². The summed E-state index contributed by atoms with van der Waals surface area (Å²) in [4.78, 5) is 25.3. The summed E-state index contributed by atoms with van der Waals surface area (Å²) >= 11 is 1.73. The van der Waals surface area contributed by atoms with Gasteiger partial charge in [0.15, 0.2) is 0 Å². The highest BCUT2D eigenvalue weighted by Gasteiger charge is 2.34. The molecule has 39 heavy (non-hydrogen) atoms. The van der Waals surface area contributed by atoms with Gasteiger partial charge in [-0.25, -0.2) is 8.78 Å². The van der Waals surface area contributed by atoms with E-state index in [0.717, 1.165) is 28.9 Å². The maximum Gasteiger partial charge on any atom is 0.240 e. The third-order valence-electron chi connectivity index (χ3n) is 6.82. The van der Waals surface area contributed by atoms with Crippen molar-refractivity contribution in [3.05, 3.63) is 101 Å². The number of ether oxygens (including phenoxy) is 1. The van der Waals surface area contributed by atoms with Crippen molar-refractivity contribution in [2.24, 2.45) is 0 Å². The van der Waals surface area contributed by atoms with Gasteiger partial charge >= 0.3 is 0 Å². The molecule has 1 aromatic heterocycles. The maximum atomic E-state index is 13.5. The zero-order chi connectivity index (χ0) is 27.0. The normalized spacial score (nSPS) is 20.3. The maximum absolute atomic E-state index is 13.5. The fourth-order valence-corrected chi connectivity index (χ4v) is 6.01. The van der Waals surface area contributed by atoms with Crippen LogP contribution in [0.15, 0.2) is 73.1 Å². The highest BCUT2D eigenvalue weighted by molar-refractivity contribution is 7.99. The minimum absolute atomic E-state index is 0.0769. The third kappa shape index (κ3) is 7.40. The molecule has 3 aromatic rings. The number of hydroxylamine groups is 2. The lowest BCUT2D eigenvalue weighted by Gasteiger charge is -2.25. The van der Waals surface area contributed by atoms with Gasteiger partial charge in [0.1, 0.15) is 17.7 Å². The van der Waals surface area contributed by atoms with Gasteiger partial charge in [-0.05, 0) is 53.4 Å². The Morgan fingerprint density at radius 3 is 2.36 bits per heavy atom. The summed E-state index contributed by atoms with van der Waals surface area (Å²) in [6.45, 7) is 3.21. The Kier molecular flexibility index (Phi) is 9.54. The van der Waals surface area contributed by atoms with Gasteiger partial charge in [0.2, 0.25) is 5.91 Å². The summed E-state index contributed by atoms with van der Waals surface area (Å²) in [6.07, 6.45) is 3.92. The first-order chi connectivity index (χ1) is 19.1. The summed E-state index contributed by atoms with van der Waals surface area (Å²) in [5.74, 6) is 0.199. The fraction of sp³-hybridized carbons (Fsp3) is 0.379. The Hall–Kier alpha value is -2.89. The third-order valence-corrected chi connectivity index (χ3v) is 8.09. The van der Waals surface area contributed by atoms with Crippen molar-refractivity contribution < 1.29 is 23.1 Å². The quantitative estimate of drug-likeness (QED) is 0.395. The average Bonchev–Trinajstić information content (AvgIpc) is 3.34. The smallest absolute Gasteiger partial charge is 0.240 e. The van der Waals surface area contributed by atoms with Gasteiger partial charge in [-0.3, -0.25) is 19.9 Å². The van der Waals surface area contributed by atoms with Crippen LogP contribution in [0.1, 0.15) is 34.6 Å². The zero-order valence-electron chi connectivity index (χ0n) is 21.5. The molecule has 0 bridgehead atoms. The van der Waals surface area contributed by atoms with E-state index in [0.29, 0.717) is 32.8 Å². The van der Waals surface area contributed by atoms with E-state index in [1.54, 1.807) is 42.2 Å². The Labute approximate surface area is 231 Å². The molecule has 2 fully saturated rings. The molecule has 2 aliphatic heterocycles. The molecule has 2 atom stereocenters. The number of thioether (sulfide) groups is 1. The molecule has 5 rings (SSSR count). The number of rotatable bonds is 9. The summed E-state index contributed by atoms with van der Waals surface area (Å²) in [6, 6.07) is 15.9. The van der Waals surface area contributed by atoms with E-state index in [9.17, 15) is 13.6 Å². The molecule has 7 nitrogen and oxygen atoms in total. The van der Waals surface area contributed by atoms with E-state index < -0.39 is 6.10 Å². The number of amides is 1.